The van der Waals surface area contributed by atoms with Crippen molar-refractivity contribution in [3.63, 3.8) is 0 Å². The number of nitrogens with zero attached hydrogens (tertiary/aromatic N) is 2. The number of hydrogen-bond acceptors (Lipinski definition) is 3. The van der Waals surface area contributed by atoms with E-state index in [0.29, 0.717) is 0 Å². The molecule has 0 N–H and O–H groups in total. The summed E-state index contributed by atoms with van der Waals surface area (Å²) in [7, 11) is 0. The predicted molar refractivity (Wildman–Crippen MR) is 223 cm³/mol. The number of aromatic nitrogens is 1. The molecule has 0 aliphatic rings. The summed E-state index contributed by atoms with van der Waals surface area (Å²) in [5, 5.41) is 5.59. The quantitative estimate of drug-likeness (QED) is 0.174. The molecule has 0 aliphatic carbocycles. The summed E-state index contributed by atoms with van der Waals surface area (Å²) in [5.41, 5.74) is 13.3. The Morgan fingerprint density at radius 2 is 1.02 bits per heavy atom. The molecule has 0 aliphatic heterocycles. The highest BCUT2D eigenvalue weighted by molar-refractivity contribution is 6.20. The van der Waals surface area contributed by atoms with Gasteiger partial charge in [-0.2, -0.15) is 0 Å². The van der Waals surface area contributed by atoms with E-state index in [4.69, 9.17) is 8.83 Å². The molecule has 0 fully saturated rings. The molecule has 0 saturated heterocycles. The lowest BCUT2D eigenvalue weighted by molar-refractivity contribution is 0.645. The van der Waals surface area contributed by atoms with E-state index in [1.54, 1.807) is 0 Å². The Hall–Kier alpha value is -7.30. The van der Waals surface area contributed by atoms with E-state index in [2.05, 4.69) is 185 Å². The second-order valence-corrected chi connectivity index (χ2v) is 13.7. The number of fused-ring (bicyclic) bond motifs is 8. The van der Waals surface area contributed by atoms with E-state index in [9.17, 15) is 0 Å². The molecule has 11 rings (SSSR count). The lowest BCUT2D eigenvalue weighted by Crippen LogP contribution is -2.10. The van der Waals surface area contributed by atoms with Gasteiger partial charge in [0.25, 0.3) is 0 Å². The molecule has 8 aromatic carbocycles. The fraction of sp³-hybridized carbons (Fsp3) is 0. The van der Waals surface area contributed by atoms with Gasteiger partial charge in [0.1, 0.15) is 11.2 Å². The van der Waals surface area contributed by atoms with E-state index in [1.807, 2.05) is 18.2 Å². The summed E-state index contributed by atoms with van der Waals surface area (Å²) in [6, 6.07) is 68.3. The maximum atomic E-state index is 6.64. The largest absolute Gasteiger partial charge is 0.454 e. The van der Waals surface area contributed by atoms with Gasteiger partial charge in [-0.1, -0.05) is 127 Å². The van der Waals surface area contributed by atoms with Crippen LogP contribution >= 0.6 is 0 Å². The number of para-hydroxylation sites is 4. The van der Waals surface area contributed by atoms with Crippen LogP contribution in [0.2, 0.25) is 0 Å². The predicted octanol–water partition coefficient (Wildman–Crippen LogP) is 14.2. The standard InChI is InChI=1S/C50H32N2O2/c1-3-13-33(14-4-1)34-25-28-38(29-26-34)51(45-23-12-21-41-40-19-8-10-24-46(40)53-49(41)45)39-18-11-15-35(31-39)36-27-30-47-43(32-36)48-42-20-7-9-22-44(42)52(50(48)54-47)37-16-5-2-6-17-37/h1-32H. The van der Waals surface area contributed by atoms with Crippen LogP contribution < -0.4 is 4.90 Å². The Morgan fingerprint density at radius 1 is 0.389 bits per heavy atom. The monoisotopic (exact) mass is 692 g/mol. The van der Waals surface area contributed by atoms with Gasteiger partial charge in [0.05, 0.1) is 16.6 Å². The molecule has 0 amide bonds. The topological polar surface area (TPSA) is 34.5 Å². The van der Waals surface area contributed by atoms with Crippen molar-refractivity contribution in [1.29, 1.82) is 0 Å². The summed E-state index contributed by atoms with van der Waals surface area (Å²) in [4.78, 5) is 2.31. The van der Waals surface area contributed by atoms with Crippen LogP contribution in [-0.2, 0) is 0 Å². The Labute approximate surface area is 311 Å². The molecule has 4 nitrogen and oxygen atoms in total. The second kappa shape index (κ2) is 12.1. The molecule has 4 heteroatoms. The molecule has 11 aromatic rings. The van der Waals surface area contributed by atoms with Gasteiger partial charge in [-0.25, -0.2) is 0 Å². The molecule has 0 spiro atoms. The normalized spacial score (nSPS) is 11.7. The molecule has 54 heavy (non-hydrogen) atoms. The fourth-order valence-electron chi connectivity index (χ4n) is 8.10. The SMILES string of the molecule is c1ccc(-c2ccc(N(c3cccc(-c4ccc5oc6c(c5c4)c4ccccc4n6-c4ccccc4)c3)c3cccc4c3oc3ccccc34)cc2)cc1. The van der Waals surface area contributed by atoms with Crippen LogP contribution in [0.4, 0.5) is 17.1 Å². The third kappa shape index (κ3) is 4.78. The highest BCUT2D eigenvalue weighted by atomic mass is 16.3. The average molecular weight is 693 g/mol. The van der Waals surface area contributed by atoms with Gasteiger partial charge in [-0.3, -0.25) is 4.57 Å². The van der Waals surface area contributed by atoms with Crippen LogP contribution in [0.3, 0.4) is 0 Å². The summed E-state index contributed by atoms with van der Waals surface area (Å²) < 4.78 is 15.5. The van der Waals surface area contributed by atoms with Gasteiger partial charge in [0.2, 0.25) is 5.71 Å². The molecule has 254 valence electrons. The first-order valence-corrected chi connectivity index (χ1v) is 18.3. The molecule has 3 aromatic heterocycles. The number of furan rings is 2. The fourth-order valence-corrected chi connectivity index (χ4v) is 8.10. The van der Waals surface area contributed by atoms with Crippen molar-refractivity contribution in [2.45, 2.75) is 0 Å². The van der Waals surface area contributed by atoms with Gasteiger partial charge < -0.3 is 13.7 Å². The zero-order valence-corrected chi connectivity index (χ0v) is 29.2. The van der Waals surface area contributed by atoms with Crippen molar-refractivity contribution >= 4 is 72.0 Å². The smallest absolute Gasteiger partial charge is 0.213 e. The molecule has 3 heterocycles. The van der Waals surface area contributed by atoms with Crippen molar-refractivity contribution in [2.24, 2.45) is 0 Å². The van der Waals surface area contributed by atoms with Gasteiger partial charge in [0, 0.05) is 38.6 Å². The first-order valence-electron chi connectivity index (χ1n) is 18.3. The van der Waals surface area contributed by atoms with Crippen LogP contribution in [0.1, 0.15) is 0 Å². The number of benzene rings is 8. The van der Waals surface area contributed by atoms with Gasteiger partial charge in [-0.15, -0.1) is 0 Å². The molecule has 0 saturated carbocycles. The lowest BCUT2D eigenvalue weighted by atomic mass is 10.0. The van der Waals surface area contributed by atoms with E-state index < -0.39 is 0 Å². The van der Waals surface area contributed by atoms with Crippen LogP contribution in [0.5, 0.6) is 0 Å². The van der Waals surface area contributed by atoms with E-state index in [-0.39, 0.29) is 0 Å². The average Bonchev–Trinajstić information content (AvgIpc) is 3.91. The zero-order valence-electron chi connectivity index (χ0n) is 29.2. The number of anilines is 3. The first kappa shape index (κ1) is 30.3. The Balaban J connectivity index is 1.08. The van der Waals surface area contributed by atoms with E-state index in [1.165, 1.54) is 16.5 Å². The number of rotatable bonds is 6. The van der Waals surface area contributed by atoms with Crippen molar-refractivity contribution in [2.75, 3.05) is 4.90 Å². The minimum Gasteiger partial charge on any atom is -0.454 e. The van der Waals surface area contributed by atoms with Gasteiger partial charge in [0.15, 0.2) is 5.58 Å². The number of hydrogen-bond donors (Lipinski definition) is 0. The van der Waals surface area contributed by atoms with Crippen LogP contribution in [0, 0.1) is 0 Å². The minimum absolute atomic E-state index is 0.854. The van der Waals surface area contributed by atoms with Crippen LogP contribution in [0.25, 0.3) is 82.9 Å². The molecule has 0 unspecified atom stereocenters. The molecular formula is C50H32N2O2. The van der Waals surface area contributed by atoms with Gasteiger partial charge >= 0.3 is 0 Å². The Kier molecular flexibility index (Phi) is 6.82. The first-order chi connectivity index (χ1) is 26.8. The summed E-state index contributed by atoms with van der Waals surface area (Å²) in [5.74, 6) is 0. The van der Waals surface area contributed by atoms with Gasteiger partial charge in [-0.05, 0) is 89.0 Å². The lowest BCUT2D eigenvalue weighted by Gasteiger charge is -2.26. The third-order valence-corrected chi connectivity index (χ3v) is 10.6. The van der Waals surface area contributed by atoms with E-state index in [0.717, 1.165) is 83.4 Å². The van der Waals surface area contributed by atoms with Crippen molar-refractivity contribution < 1.29 is 8.83 Å². The highest BCUT2D eigenvalue weighted by Gasteiger charge is 2.22. The molecular weight excluding hydrogens is 661 g/mol. The molecule has 0 atom stereocenters. The van der Waals surface area contributed by atoms with Crippen molar-refractivity contribution in [3.8, 4) is 27.9 Å². The second-order valence-electron chi connectivity index (χ2n) is 13.7. The molecule has 0 bridgehead atoms. The third-order valence-electron chi connectivity index (χ3n) is 10.6. The summed E-state index contributed by atoms with van der Waals surface area (Å²) in [6.45, 7) is 0. The Bertz CT molecular complexity index is 3150. The summed E-state index contributed by atoms with van der Waals surface area (Å²) in [6.07, 6.45) is 0. The summed E-state index contributed by atoms with van der Waals surface area (Å²) >= 11 is 0. The Morgan fingerprint density at radius 3 is 1.87 bits per heavy atom. The zero-order chi connectivity index (χ0) is 35.6. The highest BCUT2D eigenvalue weighted by Crippen LogP contribution is 2.44. The van der Waals surface area contributed by atoms with Crippen LogP contribution in [0.15, 0.2) is 203 Å². The van der Waals surface area contributed by atoms with Crippen molar-refractivity contribution in [1.82, 2.24) is 4.57 Å². The van der Waals surface area contributed by atoms with Crippen LogP contribution in [-0.4, -0.2) is 4.57 Å². The van der Waals surface area contributed by atoms with E-state index >= 15 is 0 Å². The van der Waals surface area contributed by atoms with Crippen molar-refractivity contribution in [3.05, 3.63) is 194 Å². The maximum Gasteiger partial charge on any atom is 0.213 e. The minimum atomic E-state index is 0.854. The molecule has 0 radical (unpaired) electrons. The maximum absolute atomic E-state index is 6.64.